The van der Waals surface area contributed by atoms with Crippen LogP contribution in [-0.4, -0.2) is 52.6 Å². The molecule has 2 atom stereocenters. The molecule has 2 aliphatic rings. The van der Waals surface area contributed by atoms with Crippen molar-refractivity contribution in [1.29, 1.82) is 0 Å². The number of likely N-dealkylation sites (tertiary alicyclic amines) is 2. The summed E-state index contributed by atoms with van der Waals surface area (Å²) in [5.74, 6) is 0.710. The summed E-state index contributed by atoms with van der Waals surface area (Å²) in [6, 6.07) is 13.5. The molecular formula is C23H32N4O2. The second kappa shape index (κ2) is 9.09. The minimum absolute atomic E-state index is 0.0176. The minimum atomic E-state index is -0.0176. The number of nitrogens with one attached hydrogen (secondary N) is 1. The van der Waals surface area contributed by atoms with Crippen molar-refractivity contribution in [1.82, 2.24) is 15.0 Å². The van der Waals surface area contributed by atoms with Gasteiger partial charge in [-0.1, -0.05) is 49.3 Å². The molecule has 6 nitrogen and oxygen atoms in total. The summed E-state index contributed by atoms with van der Waals surface area (Å²) < 4.78 is 5.26. The highest BCUT2D eigenvalue weighted by Gasteiger charge is 2.38. The van der Waals surface area contributed by atoms with Gasteiger partial charge in [-0.25, -0.2) is 0 Å². The monoisotopic (exact) mass is 396 g/mol. The maximum absolute atomic E-state index is 12.6. The van der Waals surface area contributed by atoms with Gasteiger partial charge in [0.1, 0.15) is 0 Å². The quantitative estimate of drug-likeness (QED) is 0.770. The van der Waals surface area contributed by atoms with Crippen LogP contribution in [0.3, 0.4) is 0 Å². The Kier molecular flexibility index (Phi) is 6.31. The van der Waals surface area contributed by atoms with Crippen molar-refractivity contribution in [3.63, 3.8) is 0 Å². The van der Waals surface area contributed by atoms with Crippen molar-refractivity contribution in [2.45, 2.75) is 64.1 Å². The van der Waals surface area contributed by atoms with E-state index in [1.165, 1.54) is 24.8 Å². The van der Waals surface area contributed by atoms with Crippen molar-refractivity contribution in [2.24, 2.45) is 0 Å². The molecule has 0 bridgehead atoms. The number of benzene rings is 1. The summed E-state index contributed by atoms with van der Waals surface area (Å²) in [5.41, 5.74) is 2.23. The van der Waals surface area contributed by atoms with E-state index in [4.69, 9.17) is 4.52 Å². The first kappa shape index (κ1) is 20.1. The molecule has 0 spiro atoms. The van der Waals surface area contributed by atoms with Crippen LogP contribution in [0.1, 0.15) is 56.7 Å². The lowest BCUT2D eigenvalue weighted by Crippen LogP contribution is -2.48. The third kappa shape index (κ3) is 4.87. The van der Waals surface area contributed by atoms with Gasteiger partial charge in [-0.05, 0) is 50.3 Å². The third-order valence-corrected chi connectivity index (χ3v) is 6.23. The molecule has 4 rings (SSSR count). The lowest BCUT2D eigenvalue weighted by atomic mass is 10.0. The molecule has 2 fully saturated rings. The molecule has 156 valence electrons. The van der Waals surface area contributed by atoms with Crippen LogP contribution < -0.4 is 5.32 Å². The fourth-order valence-corrected chi connectivity index (χ4v) is 4.77. The Bertz CT molecular complexity index is 804. The van der Waals surface area contributed by atoms with Crippen LogP contribution in [-0.2, 0) is 11.3 Å². The van der Waals surface area contributed by atoms with E-state index in [0.717, 1.165) is 31.7 Å². The normalized spacial score (nSPS) is 23.1. The van der Waals surface area contributed by atoms with E-state index in [-0.39, 0.29) is 11.8 Å². The van der Waals surface area contributed by atoms with Gasteiger partial charge >= 0.3 is 0 Å². The number of rotatable bonds is 7. The zero-order chi connectivity index (χ0) is 20.2. The van der Waals surface area contributed by atoms with E-state index in [2.05, 4.69) is 64.5 Å². The topological polar surface area (TPSA) is 61.6 Å². The highest BCUT2D eigenvalue weighted by Crippen LogP contribution is 2.31. The molecule has 2 aliphatic heterocycles. The van der Waals surface area contributed by atoms with Crippen LogP contribution in [0.25, 0.3) is 0 Å². The Morgan fingerprint density at radius 2 is 1.83 bits per heavy atom. The number of nitrogens with zero attached hydrogens (tertiary/aromatic N) is 3. The van der Waals surface area contributed by atoms with Crippen molar-refractivity contribution in [3.8, 4) is 0 Å². The van der Waals surface area contributed by atoms with E-state index in [1.807, 2.05) is 6.07 Å². The fraction of sp³-hybridized carbons (Fsp3) is 0.565. The average Bonchev–Trinajstić information content (AvgIpc) is 3.44. The summed E-state index contributed by atoms with van der Waals surface area (Å²) in [5, 5.41) is 6.90. The minimum Gasteiger partial charge on any atom is -0.338 e. The molecule has 1 aromatic heterocycles. The second-order valence-electron chi connectivity index (χ2n) is 8.66. The summed E-state index contributed by atoms with van der Waals surface area (Å²) in [6.07, 6.45) is 4.79. The van der Waals surface area contributed by atoms with E-state index >= 15 is 0 Å². The standard InChI is InChI=1S/C23H32N4O2/c1-17(2)19-14-23(29-25-19)24-22(28)16-27-13-7-11-21(27)20-10-6-12-26(20)15-18-8-4-3-5-9-18/h3-5,8-9,14,17,20-21H,6-7,10-13,15-16H2,1-2H3,(H,24,28). The maximum Gasteiger partial charge on any atom is 0.240 e. The largest absolute Gasteiger partial charge is 0.338 e. The lowest BCUT2D eigenvalue weighted by molar-refractivity contribution is -0.117. The number of amides is 1. The Balaban J connectivity index is 1.35. The van der Waals surface area contributed by atoms with Crippen molar-refractivity contribution >= 4 is 11.8 Å². The SMILES string of the molecule is CC(C)c1cc(NC(=O)CN2CCCC2C2CCCN2Cc2ccccc2)on1. The zero-order valence-corrected chi connectivity index (χ0v) is 17.5. The molecule has 3 heterocycles. The predicted octanol–water partition coefficient (Wildman–Crippen LogP) is 3.87. The van der Waals surface area contributed by atoms with Gasteiger partial charge in [-0.2, -0.15) is 0 Å². The third-order valence-electron chi connectivity index (χ3n) is 6.23. The van der Waals surface area contributed by atoms with Crippen molar-refractivity contribution in [2.75, 3.05) is 25.0 Å². The molecule has 2 aromatic rings. The predicted molar refractivity (Wildman–Crippen MR) is 114 cm³/mol. The van der Waals surface area contributed by atoms with E-state index in [1.54, 1.807) is 0 Å². The first-order chi connectivity index (χ1) is 14.1. The highest BCUT2D eigenvalue weighted by atomic mass is 16.5. The van der Waals surface area contributed by atoms with Crippen LogP contribution in [0.15, 0.2) is 40.9 Å². The first-order valence-electron chi connectivity index (χ1n) is 10.9. The molecule has 1 N–H and O–H groups in total. The summed E-state index contributed by atoms with van der Waals surface area (Å²) in [6.45, 7) is 7.66. The molecule has 29 heavy (non-hydrogen) atoms. The Labute approximate surface area is 173 Å². The van der Waals surface area contributed by atoms with Gasteiger partial charge in [0.25, 0.3) is 0 Å². The van der Waals surface area contributed by atoms with Gasteiger partial charge in [-0.15, -0.1) is 0 Å². The van der Waals surface area contributed by atoms with Gasteiger partial charge in [0.05, 0.1) is 12.2 Å². The molecule has 2 saturated heterocycles. The molecule has 0 aliphatic carbocycles. The molecule has 1 amide bonds. The number of carbonyl (C=O) groups is 1. The second-order valence-corrected chi connectivity index (χ2v) is 8.66. The van der Waals surface area contributed by atoms with E-state index < -0.39 is 0 Å². The Morgan fingerprint density at radius 3 is 2.52 bits per heavy atom. The van der Waals surface area contributed by atoms with Gasteiger partial charge in [0.15, 0.2) is 0 Å². The Morgan fingerprint density at radius 1 is 1.14 bits per heavy atom. The number of hydrogen-bond donors (Lipinski definition) is 1. The molecule has 0 saturated carbocycles. The molecule has 0 radical (unpaired) electrons. The van der Waals surface area contributed by atoms with Crippen LogP contribution in [0.5, 0.6) is 0 Å². The van der Waals surface area contributed by atoms with Crippen molar-refractivity contribution < 1.29 is 9.32 Å². The van der Waals surface area contributed by atoms with Gasteiger partial charge in [0.2, 0.25) is 11.8 Å². The van der Waals surface area contributed by atoms with Crippen LogP contribution in [0, 0.1) is 0 Å². The summed E-state index contributed by atoms with van der Waals surface area (Å²) >= 11 is 0. The number of carbonyl (C=O) groups excluding carboxylic acids is 1. The maximum atomic E-state index is 12.6. The number of hydrogen-bond acceptors (Lipinski definition) is 5. The van der Waals surface area contributed by atoms with Crippen LogP contribution in [0.4, 0.5) is 5.88 Å². The summed E-state index contributed by atoms with van der Waals surface area (Å²) in [4.78, 5) is 17.6. The van der Waals surface area contributed by atoms with Gasteiger partial charge in [-0.3, -0.25) is 19.9 Å². The molecule has 1 aromatic carbocycles. The van der Waals surface area contributed by atoms with Gasteiger partial charge < -0.3 is 4.52 Å². The van der Waals surface area contributed by atoms with E-state index in [0.29, 0.717) is 24.5 Å². The molecule has 6 heteroatoms. The van der Waals surface area contributed by atoms with E-state index in [9.17, 15) is 4.79 Å². The number of anilines is 1. The molecule has 2 unspecified atom stereocenters. The van der Waals surface area contributed by atoms with Crippen molar-refractivity contribution in [3.05, 3.63) is 47.7 Å². The lowest BCUT2D eigenvalue weighted by Gasteiger charge is -2.34. The highest BCUT2D eigenvalue weighted by molar-refractivity contribution is 5.91. The summed E-state index contributed by atoms with van der Waals surface area (Å²) in [7, 11) is 0. The van der Waals surface area contributed by atoms with Crippen LogP contribution in [0.2, 0.25) is 0 Å². The smallest absolute Gasteiger partial charge is 0.240 e. The fourth-order valence-electron chi connectivity index (χ4n) is 4.77. The van der Waals surface area contributed by atoms with Gasteiger partial charge in [0, 0.05) is 24.7 Å². The average molecular weight is 397 g/mol. The first-order valence-corrected chi connectivity index (χ1v) is 10.9. The van der Waals surface area contributed by atoms with Crippen LogP contribution >= 0.6 is 0 Å². The zero-order valence-electron chi connectivity index (χ0n) is 17.5. The Hall–Kier alpha value is -2.18. The number of aromatic nitrogens is 1. The molecular weight excluding hydrogens is 364 g/mol.